The van der Waals surface area contributed by atoms with Gasteiger partial charge in [-0.2, -0.15) is 18.4 Å². The predicted molar refractivity (Wildman–Crippen MR) is 105 cm³/mol. The maximum atomic E-state index is 12.1. The van der Waals surface area contributed by atoms with Crippen LogP contribution in [0.5, 0.6) is 0 Å². The van der Waals surface area contributed by atoms with Crippen LogP contribution >= 0.6 is 35.1 Å². The average molecular weight is 556 g/mol. The Labute approximate surface area is 188 Å². The first-order chi connectivity index (χ1) is 14.9. The fourth-order valence-corrected chi connectivity index (χ4v) is 6.30. The van der Waals surface area contributed by atoms with E-state index in [-0.39, 0.29) is 0 Å². The first kappa shape index (κ1) is 28.0. The Hall–Kier alpha value is -1.21. The molecular weight excluding hydrogens is 539 g/mol. The number of phosphoric acid groups is 3. The number of phosphoric ester groups is 1. The zero-order chi connectivity index (χ0) is 25.4. The first-order valence-corrected chi connectivity index (χ1v) is 13.3. The average Bonchev–Trinajstić information content (AvgIpc) is 2.83. The third-order valence-electron chi connectivity index (χ3n) is 3.84. The van der Waals surface area contributed by atoms with Gasteiger partial charge < -0.3 is 29.4 Å². The number of aliphatic hydroxyl groups excluding tert-OH is 1. The fraction of sp³-hybridized carbons (Fsp3) is 0.583. The van der Waals surface area contributed by atoms with Gasteiger partial charge in [-0.25, -0.2) is 18.5 Å². The molecule has 0 saturated carbocycles. The summed E-state index contributed by atoms with van der Waals surface area (Å²) in [5.74, 6) is 4.82. The summed E-state index contributed by atoms with van der Waals surface area (Å²) in [4.78, 5) is 59.2. The van der Waals surface area contributed by atoms with Crippen molar-refractivity contribution in [3.05, 3.63) is 27.0 Å². The van der Waals surface area contributed by atoms with Crippen LogP contribution in [0.2, 0.25) is 0 Å². The van der Waals surface area contributed by atoms with Gasteiger partial charge in [0.1, 0.15) is 18.4 Å². The number of aromatic nitrogens is 3. The second-order valence-corrected chi connectivity index (χ2v) is 11.3. The third kappa shape index (κ3) is 6.91. The van der Waals surface area contributed by atoms with Crippen LogP contribution in [0.1, 0.15) is 20.1 Å². The van der Waals surface area contributed by atoms with E-state index < -0.39 is 64.1 Å². The molecule has 21 heteroatoms. The second kappa shape index (κ2) is 9.80. The number of hydrogen-bond acceptors (Lipinski definition) is 11. The summed E-state index contributed by atoms with van der Waals surface area (Å²) in [5, 5.41) is 14.2. The molecule has 3 unspecified atom stereocenters. The van der Waals surface area contributed by atoms with E-state index in [1.165, 1.54) is 6.92 Å². The number of halogens is 1. The highest BCUT2D eigenvalue weighted by Crippen LogP contribution is 2.66. The molecule has 1 aromatic heterocycles. The van der Waals surface area contributed by atoms with Crippen molar-refractivity contribution < 1.29 is 56.3 Å². The minimum absolute atomic E-state index is 0.541. The monoisotopic (exact) mass is 555 g/mol. The lowest BCUT2D eigenvalue weighted by atomic mass is 9.97. The quantitative estimate of drug-likeness (QED) is 0.127. The van der Waals surface area contributed by atoms with Gasteiger partial charge in [0.05, 0.1) is 6.10 Å². The smallest absolute Gasteiger partial charge is 0.387 e. The molecule has 6 N–H and O–H groups in total. The van der Waals surface area contributed by atoms with Crippen molar-refractivity contribution in [2.45, 2.75) is 43.3 Å². The van der Waals surface area contributed by atoms with Crippen LogP contribution in [0, 0.1) is 11.8 Å². The van der Waals surface area contributed by atoms with Crippen molar-refractivity contribution >= 4 is 35.1 Å². The first-order valence-electron chi connectivity index (χ1n) is 8.37. The number of H-pyrrole nitrogens is 1. The predicted octanol–water partition coefficient (Wildman–Crippen LogP) is -1.08. The van der Waals surface area contributed by atoms with Gasteiger partial charge in [-0.1, -0.05) is 17.5 Å². The van der Waals surface area contributed by atoms with E-state index in [4.69, 9.17) is 26.1 Å². The molecule has 0 radical (unpaired) electrons. The minimum atomic E-state index is -5.79. The number of ether oxygens (including phenoxy) is 1. The Balaban J connectivity index is 2.32. The van der Waals surface area contributed by atoms with Gasteiger partial charge in [0.15, 0.2) is 11.1 Å². The maximum Gasteiger partial charge on any atom is 0.490 e. The summed E-state index contributed by atoms with van der Waals surface area (Å²) in [7, 11) is -17.0. The molecule has 0 aromatic carbocycles. The molecule has 1 fully saturated rings. The van der Waals surface area contributed by atoms with E-state index in [1.54, 1.807) is 0 Å². The molecule has 2 heterocycles. The van der Waals surface area contributed by atoms with Crippen LogP contribution in [0.25, 0.3) is 0 Å². The molecule has 0 amide bonds. The van der Waals surface area contributed by atoms with Crippen molar-refractivity contribution in [2.24, 2.45) is 0 Å². The summed E-state index contributed by atoms with van der Waals surface area (Å²) in [6, 6.07) is 0. The number of aliphatic hydroxyl groups is 1. The van der Waals surface area contributed by atoms with Gasteiger partial charge in [0.2, 0.25) is 0 Å². The number of hydrogen-bond donors (Lipinski definition) is 6. The van der Waals surface area contributed by atoms with Gasteiger partial charge in [-0.3, -0.25) is 14.3 Å². The fourth-order valence-electron chi connectivity index (χ4n) is 2.74. The SMILES string of the molecule is CC#CC1(Cl)[C@@H](O)[C@@H]([C@@H](C)OP(=O)(O)OP(=O)(O)OP(=O)(O)O)O[C@H]1n1ncc(=O)[nH]c1=O. The van der Waals surface area contributed by atoms with Crippen LogP contribution in [0.15, 0.2) is 15.8 Å². The molecule has 0 aliphatic carbocycles. The van der Waals surface area contributed by atoms with Crippen LogP contribution in [-0.4, -0.2) is 62.6 Å². The highest BCUT2D eigenvalue weighted by atomic mass is 35.5. The molecule has 33 heavy (non-hydrogen) atoms. The van der Waals surface area contributed by atoms with Gasteiger partial charge in [-0.05, 0) is 13.8 Å². The van der Waals surface area contributed by atoms with Crippen molar-refractivity contribution in [1.82, 2.24) is 14.8 Å². The molecule has 1 aromatic rings. The Morgan fingerprint density at radius 3 is 2.36 bits per heavy atom. The number of alkyl halides is 1. The third-order valence-corrected chi connectivity index (χ3v) is 8.27. The number of nitrogens with one attached hydrogen (secondary N) is 1. The van der Waals surface area contributed by atoms with Gasteiger partial charge >= 0.3 is 29.2 Å². The summed E-state index contributed by atoms with van der Waals surface area (Å²) in [6.45, 7) is 2.36. The summed E-state index contributed by atoms with van der Waals surface area (Å²) < 4.78 is 52.1. The molecule has 0 bridgehead atoms. The topological polar surface area (TPSA) is 257 Å². The highest BCUT2D eigenvalue weighted by Gasteiger charge is 2.59. The molecule has 0 spiro atoms. The lowest BCUT2D eigenvalue weighted by Crippen LogP contribution is -2.46. The summed E-state index contributed by atoms with van der Waals surface area (Å²) in [5.41, 5.74) is -1.95. The molecule has 7 atom stereocenters. The van der Waals surface area contributed by atoms with Crippen molar-refractivity contribution in [3.63, 3.8) is 0 Å². The van der Waals surface area contributed by atoms with E-state index in [0.717, 1.165) is 6.92 Å². The van der Waals surface area contributed by atoms with E-state index in [9.17, 15) is 38.2 Å². The zero-order valence-corrected chi connectivity index (χ0v) is 19.9. The summed E-state index contributed by atoms with van der Waals surface area (Å²) >= 11 is 6.37. The van der Waals surface area contributed by atoms with Crippen LogP contribution in [0.3, 0.4) is 0 Å². The number of rotatable bonds is 8. The molecule has 186 valence electrons. The molecule has 1 aliphatic rings. The molecule has 17 nitrogen and oxygen atoms in total. The van der Waals surface area contributed by atoms with Gasteiger partial charge in [-0.15, -0.1) is 5.92 Å². The van der Waals surface area contributed by atoms with Crippen molar-refractivity contribution in [3.8, 4) is 11.8 Å². The molecule has 2 rings (SSSR count). The molecule has 1 aliphatic heterocycles. The van der Waals surface area contributed by atoms with E-state index in [0.29, 0.717) is 10.9 Å². The van der Waals surface area contributed by atoms with E-state index in [2.05, 4.69) is 30.1 Å². The Morgan fingerprint density at radius 1 is 1.24 bits per heavy atom. The lowest BCUT2D eigenvalue weighted by Gasteiger charge is -2.26. The minimum Gasteiger partial charge on any atom is -0.387 e. The number of nitrogens with zero attached hydrogens (tertiary/aromatic N) is 2. The van der Waals surface area contributed by atoms with E-state index >= 15 is 0 Å². The Kier molecular flexibility index (Phi) is 8.33. The Morgan fingerprint density at radius 2 is 1.85 bits per heavy atom. The standard InChI is InChI=1S/C12H17ClN3O14P3/c1-3-4-12(13)9(18)8(27-10(12)16-11(19)15-7(17)5-14-16)6(2)28-32(23,24)30-33(25,26)29-31(20,21)22/h5-6,8-10,18H,1-2H3,(H,23,24)(H,25,26)(H,15,17,19)(H2,20,21,22)/t6-,8-,9+,10-,12?/m1/s1. The van der Waals surface area contributed by atoms with E-state index in [1.807, 2.05) is 4.98 Å². The maximum absolute atomic E-state index is 12.1. The highest BCUT2D eigenvalue weighted by molar-refractivity contribution is 7.66. The van der Waals surface area contributed by atoms with Crippen LogP contribution in [-0.2, 0) is 31.6 Å². The van der Waals surface area contributed by atoms with Crippen molar-refractivity contribution in [1.29, 1.82) is 0 Å². The lowest BCUT2D eigenvalue weighted by molar-refractivity contribution is -0.0786. The van der Waals surface area contributed by atoms with Crippen molar-refractivity contribution in [2.75, 3.05) is 0 Å². The second-order valence-electron chi connectivity index (χ2n) is 6.33. The number of aromatic amines is 1. The largest absolute Gasteiger partial charge is 0.490 e. The van der Waals surface area contributed by atoms with Crippen LogP contribution in [0.4, 0.5) is 0 Å². The molecule has 1 saturated heterocycles. The Bertz CT molecular complexity index is 1220. The zero-order valence-electron chi connectivity index (χ0n) is 16.4. The van der Waals surface area contributed by atoms with Gasteiger partial charge in [0.25, 0.3) is 5.56 Å². The summed E-state index contributed by atoms with van der Waals surface area (Å²) in [6.07, 6.45) is -6.15. The normalized spacial score (nSPS) is 30.0. The molecular formula is C12H17ClN3O14P3. The van der Waals surface area contributed by atoms with Crippen LogP contribution < -0.4 is 11.2 Å². The van der Waals surface area contributed by atoms with Gasteiger partial charge in [0, 0.05) is 0 Å².